The second kappa shape index (κ2) is 9.55. The molecule has 1 aliphatic rings. The lowest BCUT2D eigenvalue weighted by molar-refractivity contribution is -0.117. The third-order valence-electron chi connectivity index (χ3n) is 4.92. The number of aryl methyl sites for hydroxylation is 1. The minimum absolute atomic E-state index is 0.150. The Bertz CT molecular complexity index is 1310. The average Bonchev–Trinajstić information content (AvgIpc) is 3.38. The van der Waals surface area contributed by atoms with Crippen LogP contribution in [-0.2, 0) is 21.2 Å². The Kier molecular flexibility index (Phi) is 6.77. The van der Waals surface area contributed by atoms with E-state index in [-0.39, 0.29) is 23.9 Å². The Morgan fingerprint density at radius 2 is 1.94 bits per heavy atom. The van der Waals surface area contributed by atoms with Crippen molar-refractivity contribution >= 4 is 49.1 Å². The summed E-state index contributed by atoms with van der Waals surface area (Å²) < 4.78 is 44.0. The molecule has 32 heavy (non-hydrogen) atoms. The molecule has 0 radical (unpaired) electrons. The normalized spacial score (nSPS) is 13.6. The Balaban J connectivity index is 1.58. The average molecular weight is 495 g/mol. The van der Waals surface area contributed by atoms with Crippen LogP contribution in [0.3, 0.4) is 0 Å². The van der Waals surface area contributed by atoms with Crippen LogP contribution in [0.4, 0.5) is 0 Å². The molecule has 2 aromatic carbocycles. The number of ether oxygens (including phenoxy) is 3. The quantitative estimate of drug-likeness (QED) is 0.475. The number of methoxy groups -OCH3 is 1. The Hall–Kier alpha value is -2.50. The van der Waals surface area contributed by atoms with Crippen molar-refractivity contribution < 1.29 is 27.4 Å². The molecule has 0 saturated carbocycles. The number of nitrogens with zero attached hydrogens (tertiary/aromatic N) is 2. The Labute approximate surface area is 193 Å². The van der Waals surface area contributed by atoms with Gasteiger partial charge in [-0.25, -0.2) is 8.42 Å². The molecule has 1 amide bonds. The molecule has 1 aromatic heterocycles. The van der Waals surface area contributed by atoms with E-state index in [9.17, 15) is 13.2 Å². The van der Waals surface area contributed by atoms with E-state index in [0.717, 1.165) is 16.0 Å². The van der Waals surface area contributed by atoms with Gasteiger partial charge in [-0.1, -0.05) is 11.3 Å². The summed E-state index contributed by atoms with van der Waals surface area (Å²) in [6.45, 7) is 0.854. The predicted molar refractivity (Wildman–Crippen MR) is 125 cm³/mol. The molecular formula is C21H22N2O6S3. The molecule has 8 nitrogen and oxygen atoms in total. The van der Waals surface area contributed by atoms with Gasteiger partial charge in [0.1, 0.15) is 5.75 Å². The highest BCUT2D eigenvalue weighted by Gasteiger charge is 2.19. The molecule has 170 valence electrons. The molecule has 0 saturated heterocycles. The molecule has 4 rings (SSSR count). The maximum atomic E-state index is 12.6. The first-order valence-corrected chi connectivity index (χ1v) is 13.6. The van der Waals surface area contributed by atoms with Gasteiger partial charge in [0.2, 0.25) is 12.7 Å². The number of thioether (sulfide) groups is 1. The van der Waals surface area contributed by atoms with Gasteiger partial charge >= 0.3 is 0 Å². The van der Waals surface area contributed by atoms with Crippen molar-refractivity contribution in [1.82, 2.24) is 4.57 Å². The fourth-order valence-electron chi connectivity index (χ4n) is 3.23. The van der Waals surface area contributed by atoms with Crippen LogP contribution < -0.4 is 19.0 Å². The van der Waals surface area contributed by atoms with E-state index >= 15 is 0 Å². The summed E-state index contributed by atoms with van der Waals surface area (Å²) in [4.78, 5) is 17.5. The van der Waals surface area contributed by atoms with Gasteiger partial charge in [0.05, 0.1) is 28.0 Å². The van der Waals surface area contributed by atoms with Crippen LogP contribution in [0.1, 0.15) is 6.42 Å². The summed E-state index contributed by atoms with van der Waals surface area (Å²) in [5.41, 5.74) is 0.908. The van der Waals surface area contributed by atoms with Gasteiger partial charge in [0.25, 0.3) is 0 Å². The second-order valence-electron chi connectivity index (χ2n) is 6.95. The van der Waals surface area contributed by atoms with E-state index in [1.807, 2.05) is 23.0 Å². The lowest BCUT2D eigenvalue weighted by atomic mass is 10.3. The van der Waals surface area contributed by atoms with Gasteiger partial charge in [-0.15, -0.1) is 0 Å². The number of amides is 1. The first kappa shape index (κ1) is 22.7. The number of carbonyl (C=O) groups is 1. The van der Waals surface area contributed by atoms with Crippen LogP contribution in [0, 0.1) is 0 Å². The van der Waals surface area contributed by atoms with Gasteiger partial charge < -0.3 is 18.8 Å². The molecule has 1 aliphatic heterocycles. The first-order valence-electron chi connectivity index (χ1n) is 9.77. The van der Waals surface area contributed by atoms with Crippen molar-refractivity contribution in [1.29, 1.82) is 0 Å². The Morgan fingerprint density at radius 3 is 2.62 bits per heavy atom. The largest absolute Gasteiger partial charge is 0.497 e. The van der Waals surface area contributed by atoms with Crippen molar-refractivity contribution in [2.75, 3.05) is 31.7 Å². The summed E-state index contributed by atoms with van der Waals surface area (Å²) in [5, 5.41) is 0. The van der Waals surface area contributed by atoms with E-state index in [2.05, 4.69) is 4.99 Å². The van der Waals surface area contributed by atoms with Gasteiger partial charge in [0, 0.05) is 30.9 Å². The molecule has 0 aliphatic carbocycles. The van der Waals surface area contributed by atoms with Crippen molar-refractivity contribution in [3.05, 3.63) is 41.2 Å². The van der Waals surface area contributed by atoms with Crippen molar-refractivity contribution in [2.24, 2.45) is 4.99 Å². The SMILES string of the molecule is COc1ccc(S(=O)(=O)CCC(=O)N=c2sc3cc4c(cc3n2CCSC)OCO4)cc1. The zero-order valence-corrected chi connectivity index (χ0v) is 20.0. The fraction of sp³-hybridized carbons (Fsp3) is 0.333. The van der Waals surface area contributed by atoms with E-state index in [4.69, 9.17) is 14.2 Å². The minimum atomic E-state index is -3.60. The number of aromatic nitrogens is 1. The summed E-state index contributed by atoms with van der Waals surface area (Å²) >= 11 is 3.06. The van der Waals surface area contributed by atoms with E-state index in [1.54, 1.807) is 23.9 Å². The number of carbonyl (C=O) groups excluding carboxylic acids is 1. The number of hydrogen-bond acceptors (Lipinski definition) is 8. The molecule has 2 heterocycles. The fourth-order valence-corrected chi connectivity index (χ4v) is 5.91. The topological polar surface area (TPSA) is 96.2 Å². The molecule has 0 bridgehead atoms. The number of thiazole rings is 1. The first-order chi connectivity index (χ1) is 15.4. The maximum absolute atomic E-state index is 12.6. The van der Waals surface area contributed by atoms with Gasteiger partial charge in [-0.2, -0.15) is 16.8 Å². The van der Waals surface area contributed by atoms with Crippen LogP contribution >= 0.6 is 23.1 Å². The van der Waals surface area contributed by atoms with Crippen LogP contribution in [0.5, 0.6) is 17.2 Å². The molecule has 0 spiro atoms. The number of hydrogen-bond donors (Lipinski definition) is 0. The predicted octanol–water partition coefficient (Wildman–Crippen LogP) is 3.09. The van der Waals surface area contributed by atoms with Crippen LogP contribution in [0.2, 0.25) is 0 Å². The number of sulfone groups is 1. The zero-order chi connectivity index (χ0) is 22.7. The lowest BCUT2D eigenvalue weighted by Gasteiger charge is -2.05. The molecular weight excluding hydrogens is 472 g/mol. The maximum Gasteiger partial charge on any atom is 0.249 e. The highest BCUT2D eigenvalue weighted by Crippen LogP contribution is 2.37. The molecule has 0 N–H and O–H groups in total. The van der Waals surface area contributed by atoms with Gasteiger partial charge in [0.15, 0.2) is 26.1 Å². The third kappa shape index (κ3) is 4.79. The monoisotopic (exact) mass is 494 g/mol. The lowest BCUT2D eigenvalue weighted by Crippen LogP contribution is -2.19. The Morgan fingerprint density at radius 1 is 1.22 bits per heavy atom. The van der Waals surface area contributed by atoms with E-state index in [0.29, 0.717) is 28.6 Å². The molecule has 0 atom stereocenters. The molecule has 11 heteroatoms. The smallest absolute Gasteiger partial charge is 0.249 e. The highest BCUT2D eigenvalue weighted by molar-refractivity contribution is 7.98. The standard InChI is InChI=1S/C21H22N2O6S3/c1-27-14-3-5-15(6-4-14)32(25,26)10-7-20(24)22-21-23(8-9-30-2)16-11-17-18(29-13-28-17)12-19(16)31-21/h3-6,11-12H,7-10,13H2,1-2H3. The second-order valence-corrected chi connectivity index (χ2v) is 11.1. The van der Waals surface area contributed by atoms with Crippen LogP contribution in [-0.4, -0.2) is 50.6 Å². The van der Waals surface area contributed by atoms with Gasteiger partial charge in [-0.05, 0) is 30.5 Å². The molecule has 0 fully saturated rings. The number of fused-ring (bicyclic) bond motifs is 2. The van der Waals surface area contributed by atoms with Crippen LogP contribution in [0.15, 0.2) is 46.3 Å². The van der Waals surface area contributed by atoms with E-state index < -0.39 is 15.7 Å². The summed E-state index contributed by atoms with van der Waals surface area (Å²) in [7, 11) is -2.09. The minimum Gasteiger partial charge on any atom is -0.497 e. The number of benzene rings is 2. The van der Waals surface area contributed by atoms with Crippen molar-refractivity contribution in [3.63, 3.8) is 0 Å². The number of rotatable bonds is 8. The third-order valence-corrected chi connectivity index (χ3v) is 8.28. The van der Waals surface area contributed by atoms with E-state index in [1.165, 1.54) is 30.6 Å². The molecule has 3 aromatic rings. The van der Waals surface area contributed by atoms with Gasteiger partial charge in [-0.3, -0.25) is 4.79 Å². The van der Waals surface area contributed by atoms with Crippen LogP contribution in [0.25, 0.3) is 10.2 Å². The molecule has 0 unspecified atom stereocenters. The van der Waals surface area contributed by atoms with Crippen molar-refractivity contribution in [2.45, 2.75) is 17.9 Å². The summed E-state index contributed by atoms with van der Waals surface area (Å²) in [6, 6.07) is 9.89. The van der Waals surface area contributed by atoms with Crippen molar-refractivity contribution in [3.8, 4) is 17.2 Å². The summed E-state index contributed by atoms with van der Waals surface area (Å²) in [5.74, 6) is 1.94. The zero-order valence-electron chi connectivity index (χ0n) is 17.6. The highest BCUT2D eigenvalue weighted by atomic mass is 32.2. The summed E-state index contributed by atoms with van der Waals surface area (Å²) in [6.07, 6.45) is 1.81.